The number of ketones is 1. The van der Waals surface area contributed by atoms with Gasteiger partial charge in [-0.2, -0.15) is 0 Å². The number of nitrogens with one attached hydrogen (secondary N) is 6. The number of fused-ring (bicyclic) bond motifs is 12. The van der Waals surface area contributed by atoms with E-state index in [2.05, 4.69) is 122 Å². The number of ether oxygens (including phenoxy) is 7. The summed E-state index contributed by atoms with van der Waals surface area (Å²) in [6, 6.07) is 64.0. The number of amides is 2. The maximum Gasteiger partial charge on any atom is 0.407 e. The highest BCUT2D eigenvalue weighted by molar-refractivity contribution is 5.91. The number of carbonyl (C=O) groups excluding carboxylic acids is 8. The third-order valence-electron chi connectivity index (χ3n) is 23.4. The number of carbonyl (C=O) groups is 9. The van der Waals surface area contributed by atoms with Crippen LogP contribution in [0.2, 0.25) is 0 Å². The van der Waals surface area contributed by atoms with Gasteiger partial charge >= 0.3 is 48.0 Å². The van der Waals surface area contributed by atoms with Crippen molar-refractivity contribution in [2.45, 2.75) is 151 Å². The van der Waals surface area contributed by atoms with Gasteiger partial charge in [0.15, 0.2) is 5.78 Å². The first-order valence-electron chi connectivity index (χ1n) is 43.6. The van der Waals surface area contributed by atoms with Crippen LogP contribution in [0.15, 0.2) is 194 Å². The maximum atomic E-state index is 13.8. The average Bonchev–Trinajstić information content (AvgIpc) is 1.64. The highest BCUT2D eigenvalue weighted by Gasteiger charge is 2.36. The Hall–Kier alpha value is -11.4. The van der Waals surface area contributed by atoms with Crippen molar-refractivity contribution in [3.63, 3.8) is 0 Å². The summed E-state index contributed by atoms with van der Waals surface area (Å²) in [4.78, 5) is 112. The van der Waals surface area contributed by atoms with Gasteiger partial charge in [0.1, 0.15) is 32.5 Å². The molecule has 0 bridgehead atoms. The van der Waals surface area contributed by atoms with E-state index in [1.54, 1.807) is 0 Å². The van der Waals surface area contributed by atoms with E-state index in [0.717, 1.165) is 133 Å². The number of benzene rings is 8. The van der Waals surface area contributed by atoms with Crippen LogP contribution < -0.4 is 37.6 Å². The topological polar surface area (TPSA) is 337 Å². The van der Waals surface area contributed by atoms with Crippen molar-refractivity contribution < 1.29 is 81.4 Å². The molecule has 8 aromatic rings. The molecule has 24 nitrogen and oxygen atoms in total. The summed E-state index contributed by atoms with van der Waals surface area (Å²) in [6.45, 7) is 4.68. The molecule has 662 valence electrons. The summed E-state index contributed by atoms with van der Waals surface area (Å²) < 4.78 is 37.0. The lowest BCUT2D eigenvalue weighted by Crippen LogP contribution is -2.42. The number of alkyl carbamates (subject to hydrolysis) is 2. The molecule has 24 heteroatoms. The summed E-state index contributed by atoms with van der Waals surface area (Å²) >= 11 is 0. The van der Waals surface area contributed by atoms with Gasteiger partial charge in [0.2, 0.25) is 0 Å². The third-order valence-corrected chi connectivity index (χ3v) is 23.4. The number of methoxy groups -OCH3 is 3. The molecule has 0 aliphatic heterocycles. The fourth-order valence-electron chi connectivity index (χ4n) is 16.8. The molecule has 12 rings (SSSR count). The van der Waals surface area contributed by atoms with Gasteiger partial charge in [-0.3, -0.25) is 33.6 Å². The van der Waals surface area contributed by atoms with Crippen LogP contribution in [-0.2, 0) is 66.7 Å². The lowest BCUT2D eigenvalue weighted by atomic mass is 9.92. The molecule has 0 fully saturated rings. The Labute approximate surface area is 729 Å². The fraction of sp³-hybridized carbons (Fsp3) is 0.430. The number of hydrogen-bond acceptors (Lipinski definition) is 21. The normalized spacial score (nSPS) is 13.5. The second-order valence-corrected chi connectivity index (χ2v) is 31.7. The number of rotatable bonds is 45. The van der Waals surface area contributed by atoms with E-state index < -0.39 is 59.9 Å². The van der Waals surface area contributed by atoms with Crippen molar-refractivity contribution in [2.24, 2.45) is 23.5 Å². The van der Waals surface area contributed by atoms with E-state index in [0.29, 0.717) is 51.5 Å². The van der Waals surface area contributed by atoms with E-state index in [4.69, 9.17) is 34.2 Å². The number of Topliss-reactive ketones (excluding diaryl/α,β-unsaturated/α-hetero) is 1. The molecule has 8 aromatic carbocycles. The van der Waals surface area contributed by atoms with Crippen molar-refractivity contribution in [2.75, 3.05) is 109 Å². The maximum absolute atomic E-state index is 13.8. The zero-order chi connectivity index (χ0) is 88.5. The van der Waals surface area contributed by atoms with Gasteiger partial charge in [-0.25, -0.2) is 9.59 Å². The Bertz CT molecular complexity index is 4600. The van der Waals surface area contributed by atoms with Crippen molar-refractivity contribution in [1.82, 2.24) is 31.9 Å². The molecule has 0 unspecified atom stereocenters. The molecular formula is C100H125N7O17. The second kappa shape index (κ2) is 51.6. The Morgan fingerprint density at radius 2 is 0.589 bits per heavy atom. The zero-order valence-corrected chi connectivity index (χ0v) is 72.8. The minimum atomic E-state index is -0.932. The zero-order valence-electron chi connectivity index (χ0n) is 72.8. The lowest BCUT2D eigenvalue weighted by molar-refractivity contribution is -0.153. The number of unbranched alkanes of at least 4 members (excludes halogenated alkanes) is 5. The second-order valence-electron chi connectivity index (χ2n) is 31.7. The van der Waals surface area contributed by atoms with Crippen LogP contribution in [-0.4, -0.2) is 180 Å². The van der Waals surface area contributed by atoms with Crippen LogP contribution in [0.1, 0.15) is 184 Å². The monoisotopic (exact) mass is 1700 g/mol. The lowest BCUT2D eigenvalue weighted by Gasteiger charge is -2.21. The minimum Gasteiger partial charge on any atom is -0.481 e. The Morgan fingerprint density at radius 1 is 0.323 bits per heavy atom. The Morgan fingerprint density at radius 3 is 0.903 bits per heavy atom. The molecule has 0 saturated carbocycles. The molecule has 0 radical (unpaired) electrons. The first-order chi connectivity index (χ1) is 60.4. The van der Waals surface area contributed by atoms with Crippen LogP contribution in [0, 0.1) is 17.8 Å². The van der Waals surface area contributed by atoms with Crippen molar-refractivity contribution in [1.29, 1.82) is 0 Å². The van der Waals surface area contributed by atoms with Crippen LogP contribution in [0.25, 0.3) is 44.5 Å². The van der Waals surface area contributed by atoms with Gasteiger partial charge in [-0.05, 0) is 214 Å². The molecule has 4 aliphatic carbocycles. The minimum absolute atomic E-state index is 0.00439. The average molecular weight is 1700 g/mol. The molecule has 2 amide bonds. The largest absolute Gasteiger partial charge is 0.481 e. The number of carboxylic acid groups (broad SMARTS) is 1. The number of carboxylic acids is 1. The van der Waals surface area contributed by atoms with E-state index in [-0.39, 0.29) is 93.1 Å². The van der Waals surface area contributed by atoms with Crippen molar-refractivity contribution in [3.8, 4) is 44.5 Å². The first kappa shape index (κ1) is 96.4. The van der Waals surface area contributed by atoms with Crippen LogP contribution in [0.3, 0.4) is 0 Å². The quantitative estimate of drug-likeness (QED) is 0.00998. The van der Waals surface area contributed by atoms with E-state index in [9.17, 15) is 48.3 Å². The van der Waals surface area contributed by atoms with E-state index >= 15 is 0 Å². The molecule has 0 heterocycles. The van der Waals surface area contributed by atoms with Gasteiger partial charge in [-0.15, -0.1) is 0 Å². The first-order valence-corrected chi connectivity index (χ1v) is 43.6. The highest BCUT2D eigenvalue weighted by atomic mass is 16.6. The Kier molecular flexibility index (Phi) is 40.1. The molecule has 9 N–H and O–H groups in total. The summed E-state index contributed by atoms with van der Waals surface area (Å²) in [5, 5.41) is 27.3. The molecule has 0 saturated heterocycles. The van der Waals surface area contributed by atoms with Crippen molar-refractivity contribution in [3.05, 3.63) is 239 Å². The number of esters is 5. The molecule has 4 aliphatic rings. The predicted octanol–water partition coefficient (Wildman–Crippen LogP) is 15.4. The molecule has 124 heavy (non-hydrogen) atoms. The van der Waals surface area contributed by atoms with Gasteiger partial charge < -0.3 is 75.9 Å². The van der Waals surface area contributed by atoms with E-state index in [1.165, 1.54) is 54.7 Å². The smallest absolute Gasteiger partial charge is 0.407 e. The van der Waals surface area contributed by atoms with Crippen molar-refractivity contribution >= 4 is 53.8 Å². The van der Waals surface area contributed by atoms with E-state index in [1.807, 2.05) is 137 Å². The van der Waals surface area contributed by atoms with Gasteiger partial charge in [0.05, 0.1) is 58.0 Å². The molecule has 0 aromatic heterocycles. The van der Waals surface area contributed by atoms with Crippen LogP contribution in [0.4, 0.5) is 9.59 Å². The van der Waals surface area contributed by atoms with Crippen LogP contribution in [0.5, 0.6) is 0 Å². The summed E-state index contributed by atoms with van der Waals surface area (Å²) in [7, 11) is 11.6. The van der Waals surface area contributed by atoms with Gasteiger partial charge in [0.25, 0.3) is 0 Å². The van der Waals surface area contributed by atoms with Gasteiger partial charge in [0, 0.05) is 36.6 Å². The number of hydrogen-bond donors (Lipinski definition) is 8. The standard InChI is InChI=1S/C45H51N3O7.C24H29NO4.C23H27NO4.C8H18N2O2/c1-46-25-13-11-15-30(43(50)53-2)27-42(49)41(48-45(52)55-29-40-37-22-9-5-18-33(37)34-19-6-10-23-38(34)40)24-12-14-26-47-44(51)54-28-39-35-20-7-3-16-31(35)32-17-4-8-21-36(32)39;1-25-14-8-7-9-17(24(27)28-2)15-23(26)29-16-22-20-12-5-3-10-18(20)19-11-4-6-13-21(19)22;1-24-13-7-6-8-16(23(26)27)14-22(25)28-15-21-19-11-4-2-9-17(19)18-10-3-5-12-20(18)21;1-10-6-4-3-5-7(9)8(11)12-2/h3-10,16-23,30,39-41,46H,11-15,24-29H2,1-2H3,(H,47,51)(H,48,52);3-6,10-13,17,22,25H,7-9,14-16H2,1-2H3;2-5,9-12,16,21,24H,6-8,13-15H2,1H3,(H,26,27);7,10H,3-6,9H2,1-2H3/t30-,41+;17-;16-;7-/m1110/s1. The predicted molar refractivity (Wildman–Crippen MR) is 480 cm³/mol. The highest BCUT2D eigenvalue weighted by Crippen LogP contribution is 2.48. The van der Waals surface area contributed by atoms with Crippen LogP contribution >= 0.6 is 0 Å². The summed E-state index contributed by atoms with van der Waals surface area (Å²) in [5.74, 6) is -4.99. The third kappa shape index (κ3) is 27.8. The number of aliphatic carboxylic acids is 1. The Balaban J connectivity index is 0.000000212. The fourth-order valence-corrected chi connectivity index (χ4v) is 16.8. The summed E-state index contributed by atoms with van der Waals surface area (Å²) in [6.07, 6.45) is 9.50. The SMILES string of the molecule is CNCCCC[C@H](CC(=O)OCC1c2ccccc2-c2ccccc21)C(=O)O.CNCCCC[C@H](CC(=O)OCC1c2ccccc2-c2ccccc21)C(=O)OC.CNCCCC[C@H](CC(=O)[C@H](CCCCNC(=O)OCC1c2ccccc2-c2ccccc21)NC(=O)OCC1c2ccccc2-c2ccccc21)C(=O)OC.CNCCCC[C@H](N)C(=O)OC. The van der Waals surface area contributed by atoms with Gasteiger partial charge in [-0.1, -0.05) is 220 Å². The number of nitrogens with two attached hydrogens (primary N) is 1. The molecular weight excluding hydrogens is 1570 g/mol. The molecule has 0 spiro atoms. The molecule has 5 atom stereocenters. The summed E-state index contributed by atoms with van der Waals surface area (Å²) in [5.41, 5.74) is 23.9.